The van der Waals surface area contributed by atoms with E-state index in [1.807, 2.05) is 26.0 Å². The van der Waals surface area contributed by atoms with Gasteiger partial charge in [-0.05, 0) is 18.3 Å². The fourth-order valence-electron chi connectivity index (χ4n) is 2.70. The molecule has 0 spiro atoms. The van der Waals surface area contributed by atoms with Crippen LogP contribution >= 0.6 is 0 Å². The maximum atomic E-state index is 11.2. The fraction of sp³-hybridized carbons (Fsp3) is 0.636. The minimum Gasteiger partial charge on any atom is -0.393 e. The predicted octanol–water partition coefficient (Wildman–Crippen LogP) is 1.53. The Labute approximate surface area is 83.1 Å². The Balaban J connectivity index is 0.000000354. The lowest BCUT2D eigenvalue weighted by molar-refractivity contribution is -0.154. The molecule has 0 amide bonds. The second kappa shape index (κ2) is 3.23. The Hall–Kier alpha value is -1.12. The number of cyclic esters (lactones) is 2. The van der Waals surface area contributed by atoms with Crippen molar-refractivity contribution in [1.82, 2.24) is 0 Å². The van der Waals surface area contributed by atoms with Gasteiger partial charge in [-0.1, -0.05) is 26.0 Å². The SMILES string of the molecule is CC.O=C1OC(=O)C2C3C=CC(C3)C12. The maximum absolute atomic E-state index is 11.2. The lowest BCUT2D eigenvalue weighted by Crippen LogP contribution is -2.21. The van der Waals surface area contributed by atoms with Gasteiger partial charge in [0.15, 0.2) is 0 Å². The van der Waals surface area contributed by atoms with Crippen LogP contribution in [0.3, 0.4) is 0 Å². The summed E-state index contributed by atoms with van der Waals surface area (Å²) in [5, 5.41) is 0. The second-order valence-corrected chi connectivity index (χ2v) is 3.74. The van der Waals surface area contributed by atoms with Gasteiger partial charge in [0.05, 0.1) is 11.8 Å². The number of hydrogen-bond donors (Lipinski definition) is 0. The average Bonchev–Trinajstić information content (AvgIpc) is 2.84. The van der Waals surface area contributed by atoms with Gasteiger partial charge in [0.1, 0.15) is 0 Å². The highest BCUT2D eigenvalue weighted by molar-refractivity contribution is 5.98. The Morgan fingerprint density at radius 2 is 1.50 bits per heavy atom. The molecule has 1 aliphatic heterocycles. The highest BCUT2D eigenvalue weighted by atomic mass is 16.6. The number of carbonyl (C=O) groups excluding carboxylic acids is 2. The molecule has 2 aliphatic carbocycles. The number of ether oxygens (including phenoxy) is 1. The number of fused-ring (bicyclic) bond motifs is 5. The number of carbonyl (C=O) groups is 2. The monoisotopic (exact) mass is 194 g/mol. The van der Waals surface area contributed by atoms with Gasteiger partial charge in [-0.2, -0.15) is 0 Å². The van der Waals surface area contributed by atoms with Crippen molar-refractivity contribution < 1.29 is 14.3 Å². The average molecular weight is 194 g/mol. The second-order valence-electron chi connectivity index (χ2n) is 3.74. The van der Waals surface area contributed by atoms with E-state index in [4.69, 9.17) is 0 Å². The quantitative estimate of drug-likeness (QED) is 0.334. The number of hydrogen-bond acceptors (Lipinski definition) is 3. The summed E-state index contributed by atoms with van der Waals surface area (Å²) in [7, 11) is 0. The van der Waals surface area contributed by atoms with E-state index >= 15 is 0 Å². The summed E-state index contributed by atoms with van der Waals surface area (Å²) >= 11 is 0. The largest absolute Gasteiger partial charge is 0.393 e. The molecular formula is C11H14O3. The van der Waals surface area contributed by atoms with E-state index in [9.17, 15) is 9.59 Å². The zero-order valence-corrected chi connectivity index (χ0v) is 8.40. The van der Waals surface area contributed by atoms with Crippen LogP contribution in [-0.4, -0.2) is 11.9 Å². The molecule has 0 radical (unpaired) electrons. The maximum Gasteiger partial charge on any atom is 0.318 e. The van der Waals surface area contributed by atoms with Gasteiger partial charge in [0.2, 0.25) is 0 Å². The standard InChI is InChI=1S/C9H8O3.C2H6/c10-8-6-4-1-2-5(3-4)7(6)9(11)12-8;1-2/h1-2,4-7H,3H2;1-2H3. The van der Waals surface area contributed by atoms with Crippen LogP contribution in [0, 0.1) is 23.7 Å². The molecule has 0 aromatic rings. The van der Waals surface area contributed by atoms with E-state index in [1.165, 1.54) is 0 Å². The summed E-state index contributed by atoms with van der Waals surface area (Å²) in [6.45, 7) is 4.00. The molecule has 3 aliphatic rings. The minimum atomic E-state index is -0.304. The van der Waals surface area contributed by atoms with Crippen LogP contribution in [0.1, 0.15) is 20.3 Å². The van der Waals surface area contributed by atoms with Crippen LogP contribution in [-0.2, 0) is 14.3 Å². The first-order valence-electron chi connectivity index (χ1n) is 5.21. The summed E-state index contributed by atoms with van der Waals surface area (Å²) in [6, 6.07) is 0. The van der Waals surface area contributed by atoms with Crippen molar-refractivity contribution in [2.45, 2.75) is 20.3 Å². The van der Waals surface area contributed by atoms with Gasteiger partial charge in [-0.25, -0.2) is 0 Å². The number of esters is 2. The third kappa shape index (κ3) is 1.04. The molecule has 4 unspecified atom stereocenters. The smallest absolute Gasteiger partial charge is 0.318 e. The molecule has 1 saturated heterocycles. The Morgan fingerprint density at radius 3 is 1.93 bits per heavy atom. The molecule has 4 atom stereocenters. The summed E-state index contributed by atoms with van der Waals surface area (Å²) in [5.41, 5.74) is 0. The third-order valence-electron chi connectivity index (χ3n) is 3.20. The molecular weight excluding hydrogens is 180 g/mol. The van der Waals surface area contributed by atoms with Gasteiger partial charge in [0, 0.05) is 0 Å². The molecule has 2 bridgehead atoms. The lowest BCUT2D eigenvalue weighted by atomic mass is 9.85. The molecule has 1 saturated carbocycles. The Morgan fingerprint density at radius 1 is 1.07 bits per heavy atom. The summed E-state index contributed by atoms with van der Waals surface area (Å²) in [4.78, 5) is 22.4. The Kier molecular flexibility index (Phi) is 2.17. The van der Waals surface area contributed by atoms with Crippen LogP contribution in [0.5, 0.6) is 0 Å². The first-order chi connectivity index (χ1) is 6.77. The topological polar surface area (TPSA) is 43.4 Å². The van der Waals surface area contributed by atoms with Crippen molar-refractivity contribution in [1.29, 1.82) is 0 Å². The van der Waals surface area contributed by atoms with Crippen molar-refractivity contribution in [3.8, 4) is 0 Å². The normalized spacial score (nSPS) is 41.9. The molecule has 3 rings (SSSR count). The zero-order valence-electron chi connectivity index (χ0n) is 8.40. The van der Waals surface area contributed by atoms with Crippen molar-refractivity contribution in [2.24, 2.45) is 23.7 Å². The fourth-order valence-corrected chi connectivity index (χ4v) is 2.70. The van der Waals surface area contributed by atoms with Gasteiger partial charge in [-0.3, -0.25) is 9.59 Å². The van der Waals surface area contributed by atoms with Gasteiger partial charge in [-0.15, -0.1) is 0 Å². The van der Waals surface area contributed by atoms with Gasteiger partial charge < -0.3 is 4.74 Å². The van der Waals surface area contributed by atoms with E-state index in [0.717, 1.165) is 6.42 Å². The van der Waals surface area contributed by atoms with Crippen molar-refractivity contribution in [3.05, 3.63) is 12.2 Å². The van der Waals surface area contributed by atoms with Crippen LogP contribution < -0.4 is 0 Å². The predicted molar refractivity (Wildman–Crippen MR) is 50.2 cm³/mol. The van der Waals surface area contributed by atoms with Crippen molar-refractivity contribution >= 4 is 11.9 Å². The van der Waals surface area contributed by atoms with Crippen LogP contribution in [0.25, 0.3) is 0 Å². The minimum absolute atomic E-state index is 0.146. The molecule has 76 valence electrons. The van der Waals surface area contributed by atoms with Crippen LogP contribution in [0.15, 0.2) is 12.2 Å². The van der Waals surface area contributed by atoms with E-state index in [0.29, 0.717) is 0 Å². The summed E-state index contributed by atoms with van der Waals surface area (Å²) in [5.74, 6) is -0.346. The summed E-state index contributed by atoms with van der Waals surface area (Å²) in [6.07, 6.45) is 5.06. The van der Waals surface area contributed by atoms with Crippen molar-refractivity contribution in [3.63, 3.8) is 0 Å². The molecule has 1 heterocycles. The number of rotatable bonds is 0. The van der Waals surface area contributed by atoms with Crippen molar-refractivity contribution in [2.75, 3.05) is 0 Å². The van der Waals surface area contributed by atoms with Gasteiger partial charge in [0.25, 0.3) is 0 Å². The molecule has 0 aromatic heterocycles. The van der Waals surface area contributed by atoms with Crippen LogP contribution in [0.4, 0.5) is 0 Å². The highest BCUT2D eigenvalue weighted by Crippen LogP contribution is 2.51. The zero-order chi connectivity index (χ0) is 10.3. The number of allylic oxidation sites excluding steroid dienone is 2. The van der Waals surface area contributed by atoms with E-state index in [1.54, 1.807) is 0 Å². The Bertz CT molecular complexity index is 278. The molecule has 3 nitrogen and oxygen atoms in total. The van der Waals surface area contributed by atoms with E-state index in [-0.39, 0.29) is 35.6 Å². The van der Waals surface area contributed by atoms with Gasteiger partial charge >= 0.3 is 11.9 Å². The van der Waals surface area contributed by atoms with E-state index in [2.05, 4.69) is 4.74 Å². The molecule has 14 heavy (non-hydrogen) atoms. The van der Waals surface area contributed by atoms with Crippen LogP contribution in [0.2, 0.25) is 0 Å². The highest BCUT2D eigenvalue weighted by Gasteiger charge is 2.57. The molecule has 0 aromatic carbocycles. The van der Waals surface area contributed by atoms with E-state index < -0.39 is 0 Å². The first-order valence-corrected chi connectivity index (χ1v) is 5.21. The molecule has 2 fully saturated rings. The lowest BCUT2D eigenvalue weighted by Gasteiger charge is -2.12. The molecule has 0 N–H and O–H groups in total. The molecule has 3 heteroatoms. The first kappa shape index (κ1) is 9.44. The third-order valence-corrected chi connectivity index (χ3v) is 3.20. The summed E-state index contributed by atoms with van der Waals surface area (Å²) < 4.78 is 4.59.